The summed E-state index contributed by atoms with van der Waals surface area (Å²) >= 11 is 0. The molecule has 2 aliphatic carbocycles. The van der Waals surface area contributed by atoms with E-state index in [4.69, 9.17) is 86.5 Å². The van der Waals surface area contributed by atoms with E-state index in [2.05, 4.69) is 25.7 Å². The van der Waals surface area contributed by atoms with Crippen molar-refractivity contribution in [1.29, 1.82) is 0 Å². The van der Waals surface area contributed by atoms with Crippen molar-refractivity contribution >= 4 is 57.7 Å². The zero-order valence-corrected chi connectivity index (χ0v) is 76.5. The number of alkyl carbamates (subject to hydrolysis) is 1. The first-order chi connectivity index (χ1) is 61.4. The van der Waals surface area contributed by atoms with Gasteiger partial charge in [-0.1, -0.05) is 83.2 Å². The lowest BCUT2D eigenvalue weighted by molar-refractivity contribution is -0.265. The number of ketones is 2. The number of aromatic amines is 1. The summed E-state index contributed by atoms with van der Waals surface area (Å²) in [7, 11) is 6.16. The minimum atomic E-state index is -2.47. The van der Waals surface area contributed by atoms with Crippen LogP contribution >= 0.6 is 0 Å². The fourth-order valence-electron chi connectivity index (χ4n) is 17.5. The van der Waals surface area contributed by atoms with Gasteiger partial charge in [-0.15, -0.1) is 0 Å². The SMILES string of the molecule is COc1cccc2cc(-c3nc(C4CCC(C(=O)NCCOCCOCCOCCOCCOCCOCCOCCOCCOCCNC(=O)O[C@@H]5CC[C@@H](C[C@@H](C)[C@@H]6C[C@@H](O)[C@H](C)/C=C(\C)[C@@H](O)[C@@H](OC)C(=O)[C@H](C)C[C@H](C)/C=C/C=C/C=C(\C)[C@@H](OC)C[C@@H]7CC[C@@H](C)[C@@](O)(O7)C(=O)C(=O)N7CCCC[C@H]7C(=O)O6)C[C@H]5OC)CC4)n4ncnc(N)c34)[nH]c12. The summed E-state index contributed by atoms with van der Waals surface area (Å²) in [5, 5.41) is 47.2. The first-order valence-corrected chi connectivity index (χ1v) is 45.6. The standard InChI is InChI=1S/C93H143N9O25/c1-60-18-13-12-14-19-61(2)77(113-9)57-71-29-23-66(7)93(111,127-71)86(106)90(108)101-33-16-15-21-73(101)91(109)125-78(58-74(103)62(3)53-65(6)84(105)85(115-11)83(104)64(5)52-60)63(4)54-67-24-30-75(79(55-67)114-10)126-92(110)96-32-35-117-37-39-119-41-43-121-45-47-123-49-51-124-50-48-122-46-44-120-42-40-118-38-36-116-34-31-95-89(107)69-27-25-68(26-28-69)88-100-81(82-87(94)97-59-98-102(82)88)72-56-70-20-17-22-76(112-8)80(70)99-72/h12-14,17-20,22,53,56,59-60,62-64,66-69,71,73-75,77-79,84-85,99,103,105,111H,15-16,21,23-52,54-55,57-58H2,1-11H3,(H,95,107)(H,96,110)(H2,94,97,98)/b14-12+,18-13+,61-19+,65-53+/t60-,62-,63-,64-,66-,67+,68?,69?,71+,73+,74-,75-,77+,78+,79-,84-,85+,93-/m1/s1. The number of fused-ring (bicyclic) bond motifs is 5. The number of carbonyl (C=O) groups excluding carboxylic acids is 6. The van der Waals surface area contributed by atoms with Gasteiger partial charge in [0.2, 0.25) is 11.7 Å². The number of anilines is 1. The number of ether oxygens (including phenoxy) is 16. The third kappa shape index (κ3) is 31.2. The molecule has 2 saturated heterocycles. The number of amides is 3. The van der Waals surface area contributed by atoms with Crippen LogP contribution in [-0.4, -0.2) is 308 Å². The van der Waals surface area contributed by atoms with Crippen LogP contribution < -0.4 is 21.1 Å². The lowest BCUT2D eigenvalue weighted by Crippen LogP contribution is -2.61. The number of nitrogens with zero attached hydrogens (tertiary/aromatic N) is 5. The molecule has 8 N–H and O–H groups in total. The van der Waals surface area contributed by atoms with Crippen molar-refractivity contribution in [1.82, 2.24) is 40.1 Å². The molecule has 2 saturated carbocycles. The number of nitrogen functional groups attached to an aromatic ring is 1. The zero-order valence-electron chi connectivity index (χ0n) is 76.5. The van der Waals surface area contributed by atoms with Crippen molar-refractivity contribution < 1.29 is 120 Å². The summed E-state index contributed by atoms with van der Waals surface area (Å²) in [6.07, 6.45) is 13.4. The van der Waals surface area contributed by atoms with Gasteiger partial charge in [-0.05, 0) is 145 Å². The molecule has 1 aromatic carbocycles. The number of cyclic esters (lactones) is 1. The lowest BCUT2D eigenvalue weighted by Gasteiger charge is -2.43. The van der Waals surface area contributed by atoms with E-state index >= 15 is 0 Å². The van der Waals surface area contributed by atoms with Gasteiger partial charge >= 0.3 is 12.1 Å². The molecule has 5 aliphatic rings. The molecule has 127 heavy (non-hydrogen) atoms. The number of hydrogen-bond donors (Lipinski definition) is 7. The van der Waals surface area contributed by atoms with Crippen molar-refractivity contribution in [2.45, 2.75) is 218 Å². The van der Waals surface area contributed by atoms with Crippen molar-refractivity contribution in [2.24, 2.45) is 41.4 Å². The van der Waals surface area contributed by atoms with E-state index in [-0.39, 0.29) is 73.8 Å². The monoisotopic (exact) mass is 1790 g/mol. The summed E-state index contributed by atoms with van der Waals surface area (Å²) in [5.74, 6) is -6.00. The summed E-state index contributed by atoms with van der Waals surface area (Å²) in [5.41, 5.74) is 10.7. The van der Waals surface area contributed by atoms with Gasteiger partial charge in [0, 0.05) is 88.8 Å². The number of nitrogens with one attached hydrogen (secondary N) is 3. The topological polar surface area (TPSA) is 423 Å². The van der Waals surface area contributed by atoms with E-state index in [0.717, 1.165) is 59.4 Å². The minimum Gasteiger partial charge on any atom is -0.495 e. The molecule has 4 fully saturated rings. The van der Waals surface area contributed by atoms with Gasteiger partial charge in [0.1, 0.15) is 59.6 Å². The fraction of sp³-hybridized carbons (Fsp3) is 0.710. The Hall–Kier alpha value is -7.75. The third-order valence-electron chi connectivity index (χ3n) is 25.0. The summed E-state index contributed by atoms with van der Waals surface area (Å²) < 4.78 is 94.0. The molecule has 4 aromatic rings. The van der Waals surface area contributed by atoms with Gasteiger partial charge in [-0.25, -0.2) is 24.1 Å². The van der Waals surface area contributed by atoms with Crippen molar-refractivity contribution in [3.63, 3.8) is 0 Å². The summed E-state index contributed by atoms with van der Waals surface area (Å²) in [6, 6.07) is 6.71. The quantitative estimate of drug-likeness (QED) is 0.00942. The first-order valence-electron chi connectivity index (χ1n) is 45.6. The van der Waals surface area contributed by atoms with Crippen molar-refractivity contribution in [3.05, 3.63) is 84.0 Å². The molecule has 16 atom stereocenters. The second-order valence-electron chi connectivity index (χ2n) is 34.3. The molecule has 3 aliphatic heterocycles. The number of benzene rings is 1. The Kier molecular flexibility index (Phi) is 43.9. The molecule has 0 unspecified atom stereocenters. The van der Waals surface area contributed by atoms with E-state index in [9.17, 15) is 44.1 Å². The summed E-state index contributed by atoms with van der Waals surface area (Å²) in [4.78, 5) is 98.0. The Morgan fingerprint density at radius 2 is 1.31 bits per heavy atom. The highest BCUT2D eigenvalue weighted by molar-refractivity contribution is 6.39. The molecule has 9 rings (SSSR count). The number of aliphatic hydroxyl groups is 3. The van der Waals surface area contributed by atoms with E-state index in [1.807, 2.05) is 82.3 Å². The number of H-pyrrole nitrogens is 1. The summed E-state index contributed by atoms with van der Waals surface area (Å²) in [6.45, 7) is 20.4. The Bertz CT molecular complexity index is 4150. The zero-order chi connectivity index (χ0) is 91.2. The number of imidazole rings is 1. The highest BCUT2D eigenvalue weighted by Crippen LogP contribution is 2.42. The van der Waals surface area contributed by atoms with Crippen LogP contribution in [0.4, 0.5) is 10.6 Å². The number of hydrogen-bond acceptors (Lipinski definition) is 29. The van der Waals surface area contributed by atoms with Gasteiger partial charge in [0.25, 0.3) is 11.7 Å². The third-order valence-corrected chi connectivity index (χ3v) is 25.0. The molecule has 34 heteroatoms. The van der Waals surface area contributed by atoms with E-state index < -0.39 is 102 Å². The maximum absolute atomic E-state index is 14.8. The maximum Gasteiger partial charge on any atom is 0.407 e. The molecule has 710 valence electrons. The largest absolute Gasteiger partial charge is 0.495 e. The first kappa shape index (κ1) is 103. The van der Waals surface area contributed by atoms with Gasteiger partial charge in [-0.3, -0.25) is 19.2 Å². The Morgan fingerprint density at radius 3 is 1.91 bits per heavy atom. The van der Waals surface area contributed by atoms with Gasteiger partial charge in [-0.2, -0.15) is 5.10 Å². The van der Waals surface area contributed by atoms with Crippen molar-refractivity contribution in [2.75, 3.05) is 173 Å². The van der Waals surface area contributed by atoms with Crippen LogP contribution in [-0.2, 0) is 95.0 Å². The normalized spacial score (nSPS) is 28.9. The molecule has 0 radical (unpaired) electrons. The lowest BCUT2D eigenvalue weighted by atomic mass is 9.78. The second-order valence-corrected chi connectivity index (χ2v) is 34.3. The van der Waals surface area contributed by atoms with Gasteiger partial charge in [0.05, 0.1) is 162 Å². The second kappa shape index (κ2) is 54.2. The Balaban J connectivity index is 0.581. The smallest absolute Gasteiger partial charge is 0.407 e. The van der Waals surface area contributed by atoms with Crippen LogP contribution in [0.15, 0.2) is 78.2 Å². The molecule has 2 bridgehead atoms. The number of allylic oxidation sites excluding steroid dienone is 5. The number of para-hydroxylation sites is 1. The number of piperidine rings is 1. The molecule has 3 aromatic heterocycles. The number of methoxy groups -OCH3 is 4. The van der Waals surface area contributed by atoms with Gasteiger partial charge < -0.3 is 117 Å². The average molecular weight is 1790 g/mol. The maximum atomic E-state index is 14.8. The highest BCUT2D eigenvalue weighted by Gasteiger charge is 2.53. The predicted molar refractivity (Wildman–Crippen MR) is 473 cm³/mol. The van der Waals surface area contributed by atoms with E-state index in [1.165, 1.54) is 18.3 Å². The predicted octanol–water partition coefficient (Wildman–Crippen LogP) is 9.12. The van der Waals surface area contributed by atoms with Crippen LogP contribution in [0.5, 0.6) is 5.75 Å². The molecular weight excluding hydrogens is 1640 g/mol. The van der Waals surface area contributed by atoms with E-state index in [1.54, 1.807) is 52.7 Å². The molecule has 3 amide bonds. The minimum absolute atomic E-state index is 0.00643. The van der Waals surface area contributed by atoms with Crippen LogP contribution in [0.1, 0.15) is 163 Å². The molecule has 0 spiro atoms. The molecule has 6 heterocycles. The molecular formula is C93H143N9O25. The van der Waals surface area contributed by atoms with Gasteiger partial charge in [0.15, 0.2) is 11.6 Å². The fourth-order valence-corrected chi connectivity index (χ4v) is 17.5. The molecule has 34 nitrogen and oxygen atoms in total. The number of esters is 1. The van der Waals surface area contributed by atoms with Crippen molar-refractivity contribution in [3.8, 4) is 17.1 Å². The van der Waals surface area contributed by atoms with E-state index in [0.29, 0.717) is 206 Å². The number of Topliss-reactive ketones (excluding diaryl/α,β-unsaturated/α-hetero) is 2. The highest BCUT2D eigenvalue weighted by atomic mass is 16.6. The van der Waals surface area contributed by atoms with Crippen LogP contribution in [0.25, 0.3) is 27.8 Å². The number of rotatable bonds is 41. The van der Waals surface area contributed by atoms with Crippen LogP contribution in [0.3, 0.4) is 0 Å². The average Bonchev–Trinajstić information content (AvgIpc) is 1.62. The Morgan fingerprint density at radius 1 is 0.685 bits per heavy atom. The number of aliphatic hydroxyl groups excluding tert-OH is 2. The van der Waals surface area contributed by atoms with Crippen LogP contribution in [0, 0.1) is 41.4 Å². The number of carbonyl (C=O) groups is 6. The Labute approximate surface area is 747 Å². The number of aromatic nitrogens is 5. The van der Waals surface area contributed by atoms with Crippen LogP contribution in [0.2, 0.25) is 0 Å². The number of nitrogens with two attached hydrogens (primary N) is 1.